The van der Waals surface area contributed by atoms with E-state index in [0.29, 0.717) is 23.3 Å². The second kappa shape index (κ2) is 8.29. The second-order valence-corrected chi connectivity index (χ2v) is 8.25. The fraction of sp³-hybridized carbons (Fsp3) is 0.250. The normalized spacial score (nSPS) is 14.5. The van der Waals surface area contributed by atoms with Crippen molar-refractivity contribution >= 4 is 40.7 Å². The maximum absolute atomic E-state index is 13.0. The number of fused-ring (bicyclic) bond motifs is 4. The highest BCUT2D eigenvalue weighted by atomic mass is 16.4. The summed E-state index contributed by atoms with van der Waals surface area (Å²) in [5, 5.41) is 24.3. The van der Waals surface area contributed by atoms with Crippen LogP contribution in [0.2, 0.25) is 0 Å². The molecule has 7 nitrogen and oxygen atoms in total. The first-order valence-corrected chi connectivity index (χ1v) is 10.8. The maximum atomic E-state index is 13.0. The Morgan fingerprint density at radius 2 is 1.88 bits per heavy atom. The van der Waals surface area contributed by atoms with Crippen molar-refractivity contribution < 1.29 is 24.1 Å². The first kappa shape index (κ1) is 20.5. The molecule has 4 aromatic rings. The lowest BCUT2D eigenvalue weighted by atomic mass is 9.75. The number of amides is 1. The number of hydrogen-bond acceptors (Lipinski definition) is 5. The van der Waals surface area contributed by atoms with Crippen molar-refractivity contribution in [3.63, 3.8) is 0 Å². The predicted molar refractivity (Wildman–Crippen MR) is 121 cm³/mol. The standard InChI is InChI=1S/C24H23BN2O5/c28-20-9-5-11-27-19-8-3-1-7-17(19)18(24(20)27)13-23(29)26-22(25(30)31)12-15-14-32-21-10-4-2-6-16(15)21/h1-4,6-8,10,14,22,30-31H,5,9,11-13H2,(H,26,29)/t22-/m0/s1. The quantitative estimate of drug-likeness (QED) is 0.408. The summed E-state index contributed by atoms with van der Waals surface area (Å²) in [6, 6.07) is 15.2. The molecule has 1 aliphatic heterocycles. The van der Waals surface area contributed by atoms with Crippen LogP contribution in [-0.4, -0.2) is 39.4 Å². The van der Waals surface area contributed by atoms with E-state index in [1.54, 1.807) is 6.26 Å². The molecule has 8 heteroatoms. The van der Waals surface area contributed by atoms with Crippen molar-refractivity contribution in [2.45, 2.75) is 38.2 Å². The third-order valence-electron chi connectivity index (χ3n) is 6.17. The van der Waals surface area contributed by atoms with Gasteiger partial charge in [0, 0.05) is 29.3 Å². The first-order chi connectivity index (χ1) is 15.5. The van der Waals surface area contributed by atoms with E-state index in [9.17, 15) is 19.6 Å². The summed E-state index contributed by atoms with van der Waals surface area (Å²) >= 11 is 0. The van der Waals surface area contributed by atoms with Crippen molar-refractivity contribution in [1.82, 2.24) is 9.88 Å². The van der Waals surface area contributed by atoms with Crippen molar-refractivity contribution in [2.24, 2.45) is 0 Å². The molecule has 0 spiro atoms. The zero-order valence-electron chi connectivity index (χ0n) is 17.5. The summed E-state index contributed by atoms with van der Waals surface area (Å²) in [6.07, 6.45) is 3.02. The monoisotopic (exact) mass is 430 g/mol. The van der Waals surface area contributed by atoms with Crippen molar-refractivity contribution in [2.75, 3.05) is 0 Å². The highest BCUT2D eigenvalue weighted by molar-refractivity contribution is 6.43. The van der Waals surface area contributed by atoms with E-state index in [0.717, 1.165) is 34.8 Å². The van der Waals surface area contributed by atoms with Gasteiger partial charge in [-0.1, -0.05) is 36.4 Å². The summed E-state index contributed by atoms with van der Waals surface area (Å²) in [5.74, 6) is -1.24. The van der Waals surface area contributed by atoms with Gasteiger partial charge >= 0.3 is 7.12 Å². The van der Waals surface area contributed by atoms with Crippen LogP contribution in [0.1, 0.15) is 34.5 Å². The Morgan fingerprint density at radius 1 is 1.12 bits per heavy atom. The number of nitrogens with zero attached hydrogens (tertiary/aromatic N) is 1. The number of hydrogen-bond donors (Lipinski definition) is 3. The summed E-state index contributed by atoms with van der Waals surface area (Å²) in [6.45, 7) is 0.745. The predicted octanol–water partition coefficient (Wildman–Crippen LogP) is 2.65. The number of aryl methyl sites for hydroxylation is 1. The van der Waals surface area contributed by atoms with Gasteiger partial charge in [0.25, 0.3) is 0 Å². The van der Waals surface area contributed by atoms with Crippen LogP contribution in [0, 0.1) is 0 Å². The van der Waals surface area contributed by atoms with Crippen molar-refractivity contribution in [3.05, 3.63) is 71.6 Å². The molecule has 5 rings (SSSR count). The van der Waals surface area contributed by atoms with Gasteiger partial charge in [-0.25, -0.2) is 0 Å². The Hall–Kier alpha value is -3.36. The van der Waals surface area contributed by atoms with Crippen LogP contribution in [0.25, 0.3) is 21.9 Å². The topological polar surface area (TPSA) is 105 Å². The third-order valence-corrected chi connectivity index (χ3v) is 6.17. The molecule has 32 heavy (non-hydrogen) atoms. The Morgan fingerprint density at radius 3 is 2.69 bits per heavy atom. The minimum Gasteiger partial charge on any atom is -0.464 e. The number of Topliss-reactive ketones (excluding diaryl/α,β-unsaturated/α-hetero) is 1. The molecular formula is C24H23BN2O5. The summed E-state index contributed by atoms with van der Waals surface area (Å²) < 4.78 is 7.53. The van der Waals surface area contributed by atoms with Gasteiger partial charge in [-0.3, -0.25) is 9.59 Å². The molecule has 0 unspecified atom stereocenters. The molecule has 0 saturated heterocycles. The van der Waals surface area contributed by atoms with Crippen molar-refractivity contribution in [3.8, 4) is 0 Å². The molecule has 0 bridgehead atoms. The minimum atomic E-state index is -1.74. The highest BCUT2D eigenvalue weighted by Crippen LogP contribution is 2.31. The zero-order chi connectivity index (χ0) is 22.2. The number of aromatic nitrogens is 1. The number of carbonyl (C=O) groups excluding carboxylic acids is 2. The van der Waals surface area contributed by atoms with Crippen LogP contribution >= 0.6 is 0 Å². The minimum absolute atomic E-state index is 0.00998. The molecule has 2 aromatic carbocycles. The van der Waals surface area contributed by atoms with E-state index in [2.05, 4.69) is 5.32 Å². The van der Waals surface area contributed by atoms with Gasteiger partial charge in [0.1, 0.15) is 5.58 Å². The van der Waals surface area contributed by atoms with Gasteiger partial charge in [-0.2, -0.15) is 0 Å². The Bertz CT molecular complexity index is 1320. The van der Waals surface area contributed by atoms with Crippen LogP contribution in [0.5, 0.6) is 0 Å². The summed E-state index contributed by atoms with van der Waals surface area (Å²) in [5.41, 5.74) is 3.71. The number of para-hydroxylation sites is 2. The molecule has 3 heterocycles. The molecular weight excluding hydrogens is 407 g/mol. The number of rotatable bonds is 6. The number of nitrogens with one attached hydrogen (secondary N) is 1. The largest absolute Gasteiger partial charge is 0.475 e. The average Bonchev–Trinajstić information content (AvgIpc) is 3.34. The molecule has 0 aliphatic carbocycles. The van der Waals surface area contributed by atoms with Crippen LogP contribution in [0.4, 0.5) is 0 Å². The lowest BCUT2D eigenvalue weighted by Crippen LogP contribution is -2.48. The van der Waals surface area contributed by atoms with Crippen molar-refractivity contribution in [1.29, 1.82) is 0 Å². The lowest BCUT2D eigenvalue weighted by Gasteiger charge is -2.18. The Kier molecular flexibility index (Phi) is 5.32. The number of benzene rings is 2. The SMILES string of the molecule is O=C(Cc1c2n(c3ccccc13)CCCC2=O)N[C@@H](Cc1coc2ccccc12)B(O)O. The number of ketones is 1. The second-order valence-electron chi connectivity index (χ2n) is 8.25. The van der Waals surface area contributed by atoms with Gasteiger partial charge in [-0.15, -0.1) is 0 Å². The van der Waals surface area contributed by atoms with E-state index in [-0.39, 0.29) is 24.5 Å². The first-order valence-electron chi connectivity index (χ1n) is 10.8. The van der Waals surface area contributed by atoms with E-state index in [4.69, 9.17) is 4.42 Å². The fourth-order valence-corrected chi connectivity index (χ4v) is 4.70. The van der Waals surface area contributed by atoms with Gasteiger partial charge in [-0.05, 0) is 36.1 Å². The molecule has 0 radical (unpaired) electrons. The van der Waals surface area contributed by atoms with Gasteiger partial charge in [0.05, 0.1) is 24.3 Å². The number of furan rings is 1. The molecule has 0 fully saturated rings. The van der Waals surface area contributed by atoms with Crippen LogP contribution in [-0.2, 0) is 24.2 Å². The Labute approximate surface area is 184 Å². The average molecular weight is 430 g/mol. The van der Waals surface area contributed by atoms with Crippen LogP contribution < -0.4 is 5.32 Å². The maximum Gasteiger partial charge on any atom is 0.475 e. The number of carbonyl (C=O) groups is 2. The zero-order valence-corrected chi connectivity index (χ0v) is 17.5. The third kappa shape index (κ3) is 3.61. The molecule has 1 aliphatic rings. The molecule has 162 valence electrons. The molecule has 3 N–H and O–H groups in total. The van der Waals surface area contributed by atoms with Gasteiger partial charge < -0.3 is 24.3 Å². The summed E-state index contributed by atoms with van der Waals surface area (Å²) in [7, 11) is -1.74. The van der Waals surface area contributed by atoms with Gasteiger partial charge in [0.15, 0.2) is 5.78 Å². The van der Waals surface area contributed by atoms with E-state index >= 15 is 0 Å². The van der Waals surface area contributed by atoms with Gasteiger partial charge in [0.2, 0.25) is 5.91 Å². The van der Waals surface area contributed by atoms with Crippen LogP contribution in [0.15, 0.2) is 59.2 Å². The van der Waals surface area contributed by atoms with E-state index < -0.39 is 13.1 Å². The van der Waals surface area contributed by atoms with E-state index in [1.165, 1.54) is 0 Å². The summed E-state index contributed by atoms with van der Waals surface area (Å²) in [4.78, 5) is 25.7. The molecule has 0 saturated carbocycles. The lowest BCUT2D eigenvalue weighted by molar-refractivity contribution is -0.120. The smallest absolute Gasteiger partial charge is 0.464 e. The van der Waals surface area contributed by atoms with E-state index in [1.807, 2.05) is 53.1 Å². The van der Waals surface area contributed by atoms with Crippen LogP contribution in [0.3, 0.4) is 0 Å². The molecule has 1 atom stereocenters. The molecule has 1 amide bonds. The fourth-order valence-electron chi connectivity index (χ4n) is 4.70. The Balaban J connectivity index is 1.40. The molecule has 2 aromatic heterocycles. The highest BCUT2D eigenvalue weighted by Gasteiger charge is 2.30.